The Morgan fingerprint density at radius 3 is 3.00 bits per heavy atom. The van der Waals surface area contributed by atoms with Crippen molar-refractivity contribution in [1.29, 1.82) is 0 Å². The Morgan fingerprint density at radius 2 is 2.12 bits per heavy atom. The molecule has 0 unspecified atom stereocenters. The molecule has 0 aliphatic carbocycles. The number of unbranched alkanes of at least 4 members (excludes halogenated alkanes) is 1. The summed E-state index contributed by atoms with van der Waals surface area (Å²) < 4.78 is 2.03. The van der Waals surface area contributed by atoms with Crippen LogP contribution in [0.5, 0.6) is 0 Å². The number of pyridine rings is 1. The van der Waals surface area contributed by atoms with Crippen molar-refractivity contribution in [2.75, 3.05) is 0 Å². The van der Waals surface area contributed by atoms with Crippen molar-refractivity contribution in [2.45, 2.75) is 26.3 Å². The summed E-state index contributed by atoms with van der Waals surface area (Å²) in [7, 11) is 0. The number of hydrogen-bond acceptors (Lipinski definition) is 2. The topological polar surface area (TPSA) is 30.7 Å². The molecule has 0 aliphatic heterocycles. The van der Waals surface area contributed by atoms with Crippen LogP contribution >= 0.6 is 0 Å². The smallest absolute Gasteiger partial charge is 0.103 e. The number of fused-ring (bicyclic) bond motifs is 3. The van der Waals surface area contributed by atoms with Crippen LogP contribution in [-0.4, -0.2) is 14.8 Å². The molecule has 2 heterocycles. The molecule has 0 saturated carbocycles. The summed E-state index contributed by atoms with van der Waals surface area (Å²) in [6.45, 7) is 3.18. The van der Waals surface area contributed by atoms with E-state index < -0.39 is 0 Å². The van der Waals surface area contributed by atoms with Gasteiger partial charge in [0.15, 0.2) is 0 Å². The molecule has 0 aliphatic rings. The Hall–Kier alpha value is -1.90. The molecule has 0 N–H and O–H groups in total. The van der Waals surface area contributed by atoms with Gasteiger partial charge in [-0.05, 0) is 12.5 Å². The van der Waals surface area contributed by atoms with Crippen molar-refractivity contribution in [3.63, 3.8) is 0 Å². The first-order valence-corrected chi connectivity index (χ1v) is 6.09. The summed E-state index contributed by atoms with van der Waals surface area (Å²) in [6.07, 6.45) is 6.35. The van der Waals surface area contributed by atoms with E-state index in [-0.39, 0.29) is 0 Å². The van der Waals surface area contributed by atoms with Gasteiger partial charge in [-0.15, -0.1) is 0 Å². The fourth-order valence-electron chi connectivity index (χ4n) is 2.10. The van der Waals surface area contributed by atoms with Gasteiger partial charge in [0.2, 0.25) is 0 Å². The van der Waals surface area contributed by atoms with Crippen molar-refractivity contribution in [2.24, 2.45) is 0 Å². The molecule has 86 valence electrons. The van der Waals surface area contributed by atoms with Crippen LogP contribution in [0.2, 0.25) is 0 Å². The Bertz CT molecular complexity index is 655. The highest BCUT2D eigenvalue weighted by Gasteiger charge is 2.05. The average molecular weight is 225 g/mol. The summed E-state index contributed by atoms with van der Waals surface area (Å²) in [5.41, 5.74) is 2.08. The lowest BCUT2D eigenvalue weighted by molar-refractivity contribution is 0.577. The molecular weight excluding hydrogens is 210 g/mol. The molecule has 3 aromatic rings. The minimum Gasteiger partial charge on any atom is -0.271 e. The first-order valence-electron chi connectivity index (χ1n) is 6.09. The summed E-state index contributed by atoms with van der Waals surface area (Å²) >= 11 is 0. The second kappa shape index (κ2) is 4.17. The van der Waals surface area contributed by atoms with Crippen molar-refractivity contribution in [3.05, 3.63) is 36.7 Å². The lowest BCUT2D eigenvalue weighted by Gasteiger charge is -1.97. The van der Waals surface area contributed by atoms with Crippen molar-refractivity contribution in [1.82, 2.24) is 14.8 Å². The van der Waals surface area contributed by atoms with Crippen LogP contribution in [0.4, 0.5) is 0 Å². The van der Waals surface area contributed by atoms with Crippen LogP contribution in [0.15, 0.2) is 36.7 Å². The third-order valence-corrected chi connectivity index (χ3v) is 3.03. The van der Waals surface area contributed by atoms with E-state index in [1.165, 1.54) is 12.8 Å². The summed E-state index contributed by atoms with van der Waals surface area (Å²) in [4.78, 5) is 4.45. The minimum atomic E-state index is 0.986. The number of hydrogen-bond donors (Lipinski definition) is 0. The Labute approximate surface area is 100 Å². The van der Waals surface area contributed by atoms with Crippen LogP contribution in [0.3, 0.4) is 0 Å². The van der Waals surface area contributed by atoms with Gasteiger partial charge in [-0.3, -0.25) is 9.67 Å². The molecule has 3 nitrogen and oxygen atoms in total. The monoisotopic (exact) mass is 225 g/mol. The standard InChI is InChI=1S/C14H15N3/c1-2-3-8-17-10-11-9-15-13-7-5-4-6-12(13)14(11)16-17/h4-7,9-10H,2-3,8H2,1H3. The zero-order valence-electron chi connectivity index (χ0n) is 9.93. The van der Waals surface area contributed by atoms with Gasteiger partial charge in [0.05, 0.1) is 5.52 Å². The van der Waals surface area contributed by atoms with Gasteiger partial charge >= 0.3 is 0 Å². The molecular formula is C14H15N3. The fourth-order valence-corrected chi connectivity index (χ4v) is 2.10. The molecule has 17 heavy (non-hydrogen) atoms. The third kappa shape index (κ3) is 1.78. The normalized spacial score (nSPS) is 11.4. The largest absolute Gasteiger partial charge is 0.271 e. The zero-order valence-corrected chi connectivity index (χ0v) is 9.93. The number of nitrogens with zero attached hydrogens (tertiary/aromatic N) is 3. The minimum absolute atomic E-state index is 0.986. The third-order valence-electron chi connectivity index (χ3n) is 3.03. The van der Waals surface area contributed by atoms with E-state index in [4.69, 9.17) is 0 Å². The SMILES string of the molecule is CCCCn1cc2cnc3ccccc3c2n1. The molecule has 2 aromatic heterocycles. The number of benzene rings is 1. The summed E-state index contributed by atoms with van der Waals surface area (Å²) in [5.74, 6) is 0. The fraction of sp³-hybridized carbons (Fsp3) is 0.286. The first-order chi connectivity index (χ1) is 8.38. The van der Waals surface area contributed by atoms with E-state index in [1.807, 2.05) is 29.1 Å². The number of aryl methyl sites for hydroxylation is 1. The van der Waals surface area contributed by atoms with Crippen LogP contribution in [0, 0.1) is 0 Å². The zero-order chi connectivity index (χ0) is 11.7. The van der Waals surface area contributed by atoms with E-state index in [2.05, 4.69) is 29.3 Å². The van der Waals surface area contributed by atoms with Gasteiger partial charge < -0.3 is 0 Å². The van der Waals surface area contributed by atoms with Crippen molar-refractivity contribution >= 4 is 21.8 Å². The lowest BCUT2D eigenvalue weighted by atomic mass is 10.2. The molecule has 0 radical (unpaired) electrons. The molecule has 3 heteroatoms. The van der Waals surface area contributed by atoms with Gasteiger partial charge in [-0.2, -0.15) is 5.10 Å². The predicted octanol–water partition coefficient (Wildman–Crippen LogP) is 3.38. The maximum Gasteiger partial charge on any atom is 0.103 e. The molecule has 0 fully saturated rings. The van der Waals surface area contributed by atoms with E-state index >= 15 is 0 Å². The van der Waals surface area contributed by atoms with Gasteiger partial charge in [0.1, 0.15) is 5.52 Å². The highest BCUT2D eigenvalue weighted by Crippen LogP contribution is 2.21. The molecule has 0 saturated heterocycles. The average Bonchev–Trinajstić information content (AvgIpc) is 2.79. The quantitative estimate of drug-likeness (QED) is 0.684. The first kappa shape index (κ1) is 10.3. The molecule has 0 spiro atoms. The Morgan fingerprint density at radius 1 is 1.24 bits per heavy atom. The highest BCUT2D eigenvalue weighted by molar-refractivity contribution is 6.02. The van der Waals surface area contributed by atoms with E-state index in [1.54, 1.807) is 0 Å². The second-order valence-corrected chi connectivity index (χ2v) is 4.33. The molecule has 0 atom stereocenters. The number of rotatable bonds is 3. The van der Waals surface area contributed by atoms with Crippen molar-refractivity contribution in [3.8, 4) is 0 Å². The van der Waals surface area contributed by atoms with E-state index in [0.717, 1.165) is 28.4 Å². The van der Waals surface area contributed by atoms with E-state index in [9.17, 15) is 0 Å². The molecule has 1 aromatic carbocycles. The highest BCUT2D eigenvalue weighted by atomic mass is 15.3. The Kier molecular flexibility index (Phi) is 2.52. The van der Waals surface area contributed by atoms with Gasteiger partial charge in [0.25, 0.3) is 0 Å². The maximum atomic E-state index is 4.66. The number of aromatic nitrogens is 3. The molecule has 0 bridgehead atoms. The van der Waals surface area contributed by atoms with Crippen LogP contribution in [0.25, 0.3) is 21.8 Å². The lowest BCUT2D eigenvalue weighted by Crippen LogP contribution is -1.97. The summed E-state index contributed by atoms with van der Waals surface area (Å²) in [6, 6.07) is 8.16. The van der Waals surface area contributed by atoms with Crippen molar-refractivity contribution < 1.29 is 0 Å². The van der Waals surface area contributed by atoms with Crippen LogP contribution in [0.1, 0.15) is 19.8 Å². The maximum absolute atomic E-state index is 4.66. The molecule has 0 amide bonds. The van der Waals surface area contributed by atoms with Gasteiger partial charge in [0, 0.05) is 29.7 Å². The number of para-hydroxylation sites is 1. The molecule has 3 rings (SSSR count). The Balaban J connectivity index is 2.17. The van der Waals surface area contributed by atoms with Gasteiger partial charge in [-0.25, -0.2) is 0 Å². The summed E-state index contributed by atoms with van der Waals surface area (Å²) in [5, 5.41) is 6.92. The van der Waals surface area contributed by atoms with Crippen LogP contribution in [-0.2, 0) is 6.54 Å². The van der Waals surface area contributed by atoms with E-state index in [0.29, 0.717) is 0 Å². The second-order valence-electron chi connectivity index (χ2n) is 4.33. The predicted molar refractivity (Wildman–Crippen MR) is 69.9 cm³/mol. The van der Waals surface area contributed by atoms with Gasteiger partial charge in [-0.1, -0.05) is 31.5 Å². The van der Waals surface area contributed by atoms with Crippen LogP contribution < -0.4 is 0 Å².